The second-order valence-corrected chi connectivity index (χ2v) is 7.58. The summed E-state index contributed by atoms with van der Waals surface area (Å²) in [5.41, 5.74) is 0.852. The molecule has 1 N–H and O–H groups in total. The van der Waals surface area contributed by atoms with Crippen molar-refractivity contribution in [3.8, 4) is 11.5 Å². The molecule has 1 aliphatic heterocycles. The number of amides is 1. The number of hydrogen-bond donors (Lipinski definition) is 1. The fraction of sp³-hybridized carbons (Fsp3) is 0.240. The second-order valence-electron chi connectivity index (χ2n) is 7.58. The minimum absolute atomic E-state index is 0.0626. The number of ketones is 1. The number of aliphatic hydroxyl groups is 1. The van der Waals surface area contributed by atoms with Gasteiger partial charge in [0.2, 0.25) is 0 Å². The van der Waals surface area contributed by atoms with Crippen molar-refractivity contribution in [2.75, 3.05) is 18.6 Å². The maximum Gasteiger partial charge on any atom is 0.301 e. The predicted molar refractivity (Wildman–Crippen MR) is 121 cm³/mol. The van der Waals surface area contributed by atoms with Crippen LogP contribution in [0.2, 0.25) is 0 Å². The molecular weight excluding hydrogens is 424 g/mol. The molecule has 0 bridgehead atoms. The lowest BCUT2D eigenvalue weighted by atomic mass is 9.94. The topological polar surface area (TPSA) is 102 Å². The Balaban J connectivity index is 1.87. The van der Waals surface area contributed by atoms with Crippen molar-refractivity contribution in [3.05, 3.63) is 77.1 Å². The van der Waals surface area contributed by atoms with E-state index in [0.717, 1.165) is 6.42 Å². The summed E-state index contributed by atoms with van der Waals surface area (Å²) in [6, 6.07) is 14.3. The van der Waals surface area contributed by atoms with Gasteiger partial charge in [0.1, 0.15) is 29.1 Å². The highest BCUT2D eigenvalue weighted by Crippen LogP contribution is 2.44. The third-order valence-corrected chi connectivity index (χ3v) is 5.34. The number of hydrogen-bond acceptors (Lipinski definition) is 7. The summed E-state index contributed by atoms with van der Waals surface area (Å²) in [4.78, 5) is 27.5. The normalized spacial score (nSPS) is 17.4. The van der Waals surface area contributed by atoms with Crippen molar-refractivity contribution < 1.29 is 28.7 Å². The predicted octanol–water partition coefficient (Wildman–Crippen LogP) is 4.41. The highest BCUT2D eigenvalue weighted by Gasteiger charge is 2.49. The smallest absolute Gasteiger partial charge is 0.301 e. The summed E-state index contributed by atoms with van der Waals surface area (Å²) in [5, 5.41) is 15.1. The first-order valence-electron chi connectivity index (χ1n) is 10.6. The number of methoxy groups -OCH3 is 1. The van der Waals surface area contributed by atoms with Crippen LogP contribution >= 0.6 is 0 Å². The first-order chi connectivity index (χ1) is 16.0. The van der Waals surface area contributed by atoms with Crippen molar-refractivity contribution in [1.82, 2.24) is 5.16 Å². The number of anilines is 1. The standard InChI is InChI=1S/C25H24N2O6/c1-4-13-32-17-11-9-16(10-12-17)23(28)21-22(18-7-5-6-8-19(18)31-3)27(25(30)24(21)29)20-14-15(2)33-26-20/h5-12,14,22,28H,4,13H2,1-3H3. The SMILES string of the molecule is CCCOc1ccc(C(O)=C2C(=O)C(=O)N(c3cc(C)on3)C2c2ccccc2OC)cc1. The Hall–Kier alpha value is -4.07. The van der Waals surface area contributed by atoms with E-state index in [2.05, 4.69) is 5.16 Å². The van der Waals surface area contributed by atoms with Gasteiger partial charge in [0, 0.05) is 17.2 Å². The van der Waals surface area contributed by atoms with Crippen LogP contribution in [0.15, 0.2) is 64.7 Å². The highest BCUT2D eigenvalue weighted by atomic mass is 16.5. The van der Waals surface area contributed by atoms with E-state index in [0.29, 0.717) is 35.0 Å². The molecule has 0 radical (unpaired) electrons. The van der Waals surface area contributed by atoms with Gasteiger partial charge in [0.25, 0.3) is 5.78 Å². The molecule has 8 heteroatoms. The Kier molecular flexibility index (Phi) is 6.17. The number of aliphatic hydroxyl groups excluding tert-OH is 1. The summed E-state index contributed by atoms with van der Waals surface area (Å²) in [6.07, 6.45) is 0.867. The number of rotatable bonds is 7. The fourth-order valence-corrected chi connectivity index (χ4v) is 3.81. The number of aromatic nitrogens is 1. The minimum atomic E-state index is -0.957. The monoisotopic (exact) mass is 448 g/mol. The van der Waals surface area contributed by atoms with Crippen LogP contribution in [0.5, 0.6) is 11.5 Å². The Labute approximate surface area is 191 Å². The molecule has 3 aromatic rings. The van der Waals surface area contributed by atoms with Gasteiger partial charge in [0.15, 0.2) is 5.82 Å². The van der Waals surface area contributed by atoms with Gasteiger partial charge in [-0.05, 0) is 43.7 Å². The van der Waals surface area contributed by atoms with Crippen molar-refractivity contribution >= 4 is 23.3 Å². The van der Waals surface area contributed by atoms with E-state index < -0.39 is 17.7 Å². The minimum Gasteiger partial charge on any atom is -0.507 e. The van der Waals surface area contributed by atoms with Gasteiger partial charge >= 0.3 is 5.91 Å². The van der Waals surface area contributed by atoms with Crippen molar-refractivity contribution in [2.24, 2.45) is 0 Å². The molecular formula is C25H24N2O6. The van der Waals surface area contributed by atoms with Crippen LogP contribution in [0, 0.1) is 6.92 Å². The number of aryl methyl sites for hydroxylation is 1. The summed E-state index contributed by atoms with van der Waals surface area (Å²) in [6.45, 7) is 4.27. The van der Waals surface area contributed by atoms with E-state index in [-0.39, 0.29) is 17.2 Å². The summed E-state index contributed by atoms with van der Waals surface area (Å²) in [7, 11) is 1.50. The number of benzene rings is 2. The Morgan fingerprint density at radius 2 is 1.88 bits per heavy atom. The number of nitrogens with zero attached hydrogens (tertiary/aromatic N) is 2. The number of carbonyl (C=O) groups excluding carboxylic acids is 2. The number of carbonyl (C=O) groups is 2. The molecule has 1 amide bonds. The molecule has 170 valence electrons. The van der Waals surface area contributed by atoms with Gasteiger partial charge in [0.05, 0.1) is 19.3 Å². The largest absolute Gasteiger partial charge is 0.507 e. The van der Waals surface area contributed by atoms with E-state index in [9.17, 15) is 14.7 Å². The summed E-state index contributed by atoms with van der Waals surface area (Å²) in [5.74, 6) is -0.175. The molecule has 2 heterocycles. The fourth-order valence-electron chi connectivity index (χ4n) is 3.81. The van der Waals surface area contributed by atoms with Crippen LogP contribution in [0.25, 0.3) is 5.76 Å². The van der Waals surface area contributed by atoms with E-state index in [4.69, 9.17) is 14.0 Å². The van der Waals surface area contributed by atoms with Crippen molar-refractivity contribution in [1.29, 1.82) is 0 Å². The van der Waals surface area contributed by atoms with Crippen LogP contribution in [-0.4, -0.2) is 35.7 Å². The Morgan fingerprint density at radius 1 is 1.15 bits per heavy atom. The van der Waals surface area contributed by atoms with Gasteiger partial charge in [-0.1, -0.05) is 30.3 Å². The van der Waals surface area contributed by atoms with Crippen LogP contribution in [0.3, 0.4) is 0 Å². The van der Waals surface area contributed by atoms with Gasteiger partial charge in [-0.2, -0.15) is 0 Å². The Morgan fingerprint density at radius 3 is 2.52 bits per heavy atom. The summed E-state index contributed by atoms with van der Waals surface area (Å²) < 4.78 is 16.2. The molecule has 1 aliphatic rings. The van der Waals surface area contributed by atoms with Crippen molar-refractivity contribution in [2.45, 2.75) is 26.3 Å². The molecule has 8 nitrogen and oxygen atoms in total. The highest BCUT2D eigenvalue weighted by molar-refractivity contribution is 6.51. The lowest BCUT2D eigenvalue weighted by molar-refractivity contribution is -0.132. The lowest BCUT2D eigenvalue weighted by Gasteiger charge is -2.24. The molecule has 33 heavy (non-hydrogen) atoms. The van der Waals surface area contributed by atoms with E-state index >= 15 is 0 Å². The van der Waals surface area contributed by atoms with E-state index in [1.165, 1.54) is 12.0 Å². The zero-order chi connectivity index (χ0) is 23.5. The quantitative estimate of drug-likeness (QED) is 0.325. The third kappa shape index (κ3) is 4.07. The van der Waals surface area contributed by atoms with Crippen molar-refractivity contribution in [3.63, 3.8) is 0 Å². The first-order valence-corrected chi connectivity index (χ1v) is 10.6. The average Bonchev–Trinajstić information content (AvgIpc) is 3.37. The van der Waals surface area contributed by atoms with Crippen LogP contribution in [-0.2, 0) is 9.59 Å². The zero-order valence-corrected chi connectivity index (χ0v) is 18.6. The summed E-state index contributed by atoms with van der Waals surface area (Å²) >= 11 is 0. The van der Waals surface area contributed by atoms with Crippen LogP contribution in [0.4, 0.5) is 5.82 Å². The average molecular weight is 448 g/mol. The van der Waals surface area contributed by atoms with Gasteiger partial charge < -0.3 is 19.1 Å². The zero-order valence-electron chi connectivity index (χ0n) is 18.6. The van der Waals surface area contributed by atoms with Gasteiger partial charge in [-0.3, -0.25) is 14.5 Å². The molecule has 1 aromatic heterocycles. The molecule has 4 rings (SSSR count). The number of para-hydroxylation sites is 1. The number of ether oxygens (including phenoxy) is 2. The molecule has 2 aromatic carbocycles. The maximum absolute atomic E-state index is 13.2. The molecule has 1 atom stereocenters. The molecule has 0 spiro atoms. The van der Waals surface area contributed by atoms with Gasteiger partial charge in [-0.25, -0.2) is 0 Å². The molecule has 1 saturated heterocycles. The molecule has 0 saturated carbocycles. The molecule has 0 aliphatic carbocycles. The molecule has 1 fully saturated rings. The third-order valence-electron chi connectivity index (χ3n) is 5.34. The van der Waals surface area contributed by atoms with Gasteiger partial charge in [-0.15, -0.1) is 0 Å². The van der Waals surface area contributed by atoms with E-state index in [1.807, 2.05) is 6.92 Å². The second kappa shape index (κ2) is 9.20. The van der Waals surface area contributed by atoms with E-state index in [1.54, 1.807) is 61.5 Å². The molecule has 1 unspecified atom stereocenters. The van der Waals surface area contributed by atoms with Crippen LogP contribution < -0.4 is 14.4 Å². The maximum atomic E-state index is 13.2. The Bertz CT molecular complexity index is 1210. The van der Waals surface area contributed by atoms with Crippen LogP contribution in [0.1, 0.15) is 36.3 Å². The lowest BCUT2D eigenvalue weighted by Crippen LogP contribution is -2.29. The number of Topliss-reactive ketones (excluding diaryl/α,β-unsaturated/α-hetero) is 1. The first kappa shape index (κ1) is 22.1.